The SMILES string of the molecule is C=C(CCl)C(C(=O)O)N1C(=O)C(NC(=O)c2cccc(C)c2)C1Cl. The fraction of sp³-hybridized carbons (Fsp3) is 0.312. The summed E-state index contributed by atoms with van der Waals surface area (Å²) in [6.07, 6.45) is 0. The number of β-lactam (4-membered cyclic amide) rings is 1. The summed E-state index contributed by atoms with van der Waals surface area (Å²) in [5, 5.41) is 11.8. The van der Waals surface area contributed by atoms with Crippen LogP contribution >= 0.6 is 23.2 Å². The average Bonchev–Trinajstić information content (AvgIpc) is 2.55. The number of rotatable bonds is 6. The zero-order valence-corrected chi connectivity index (χ0v) is 14.3. The Hall–Kier alpha value is -2.05. The summed E-state index contributed by atoms with van der Waals surface area (Å²) in [5.41, 5.74) is 0.444. The molecule has 2 rings (SSSR count). The van der Waals surface area contributed by atoms with Gasteiger partial charge in [0.1, 0.15) is 11.5 Å². The molecule has 128 valence electrons. The van der Waals surface area contributed by atoms with Gasteiger partial charge in [0.05, 0.1) is 0 Å². The molecule has 1 aromatic rings. The standard InChI is InChI=1S/C16H16Cl2N2O4/c1-8-4-3-5-10(6-8)14(21)19-11-13(18)20(15(11)22)12(16(23)24)9(2)7-17/h3-6,11-13H,2,7H2,1H3,(H,19,21)(H,23,24). The molecule has 1 aliphatic rings. The van der Waals surface area contributed by atoms with Crippen LogP contribution in [0.25, 0.3) is 0 Å². The zero-order chi connectivity index (χ0) is 18.0. The van der Waals surface area contributed by atoms with Gasteiger partial charge in [-0.05, 0) is 24.6 Å². The number of carboxylic acids is 1. The van der Waals surface area contributed by atoms with Gasteiger partial charge in [0.25, 0.3) is 11.8 Å². The molecule has 8 heteroatoms. The third kappa shape index (κ3) is 3.39. The second kappa shape index (κ2) is 7.23. The topological polar surface area (TPSA) is 86.7 Å². The van der Waals surface area contributed by atoms with Gasteiger partial charge in [0.15, 0.2) is 6.04 Å². The second-order valence-corrected chi connectivity index (χ2v) is 6.19. The molecule has 1 aromatic carbocycles. The lowest BCUT2D eigenvalue weighted by Gasteiger charge is -2.46. The number of hydrogen-bond donors (Lipinski definition) is 2. The number of carboxylic acid groups (broad SMARTS) is 1. The smallest absolute Gasteiger partial charge is 0.330 e. The van der Waals surface area contributed by atoms with Gasteiger partial charge in [0, 0.05) is 11.4 Å². The summed E-state index contributed by atoms with van der Waals surface area (Å²) in [4.78, 5) is 36.8. The van der Waals surface area contributed by atoms with E-state index in [0.29, 0.717) is 5.56 Å². The first-order valence-electron chi connectivity index (χ1n) is 7.08. The zero-order valence-electron chi connectivity index (χ0n) is 12.8. The minimum atomic E-state index is -1.32. The fourth-order valence-electron chi connectivity index (χ4n) is 2.45. The van der Waals surface area contributed by atoms with E-state index in [1.54, 1.807) is 18.2 Å². The summed E-state index contributed by atoms with van der Waals surface area (Å²) in [6.45, 7) is 5.40. The Bertz CT molecular complexity index is 707. The molecule has 0 bridgehead atoms. The molecule has 2 N–H and O–H groups in total. The molecular formula is C16H16Cl2N2O4. The summed E-state index contributed by atoms with van der Waals surface area (Å²) in [5.74, 6) is -2.44. The first-order chi connectivity index (χ1) is 11.3. The van der Waals surface area contributed by atoms with E-state index in [4.69, 9.17) is 23.2 Å². The highest BCUT2D eigenvalue weighted by Crippen LogP contribution is 2.29. The van der Waals surface area contributed by atoms with E-state index >= 15 is 0 Å². The van der Waals surface area contributed by atoms with Crippen molar-refractivity contribution in [3.8, 4) is 0 Å². The molecule has 3 atom stereocenters. The molecule has 0 aliphatic carbocycles. The molecule has 0 saturated carbocycles. The average molecular weight is 371 g/mol. The van der Waals surface area contributed by atoms with Crippen LogP contribution in [0.2, 0.25) is 0 Å². The van der Waals surface area contributed by atoms with Gasteiger partial charge >= 0.3 is 5.97 Å². The molecule has 24 heavy (non-hydrogen) atoms. The van der Waals surface area contributed by atoms with E-state index < -0.39 is 35.4 Å². The Morgan fingerprint density at radius 3 is 2.62 bits per heavy atom. The normalized spacial score (nSPS) is 21.0. The van der Waals surface area contributed by atoms with Crippen LogP contribution in [0.15, 0.2) is 36.4 Å². The third-order valence-corrected chi connectivity index (χ3v) is 4.50. The van der Waals surface area contributed by atoms with Gasteiger partial charge in [-0.1, -0.05) is 35.9 Å². The summed E-state index contributed by atoms with van der Waals surface area (Å²) in [6, 6.07) is 4.54. The summed E-state index contributed by atoms with van der Waals surface area (Å²) < 4.78 is 0. The maximum Gasteiger partial charge on any atom is 0.330 e. The van der Waals surface area contributed by atoms with Crippen molar-refractivity contribution >= 4 is 41.0 Å². The monoisotopic (exact) mass is 370 g/mol. The van der Waals surface area contributed by atoms with E-state index in [0.717, 1.165) is 10.5 Å². The van der Waals surface area contributed by atoms with Crippen LogP contribution in [0, 0.1) is 6.92 Å². The van der Waals surface area contributed by atoms with Crippen LogP contribution in [-0.2, 0) is 9.59 Å². The predicted molar refractivity (Wildman–Crippen MR) is 90.2 cm³/mol. The van der Waals surface area contributed by atoms with Gasteiger partial charge < -0.3 is 15.3 Å². The van der Waals surface area contributed by atoms with Crippen LogP contribution in [-0.4, -0.2) is 51.3 Å². The number of halogens is 2. The number of amides is 2. The Kier molecular flexibility index (Phi) is 5.51. The van der Waals surface area contributed by atoms with Crippen LogP contribution in [0.5, 0.6) is 0 Å². The Labute approximate surface area is 149 Å². The van der Waals surface area contributed by atoms with Crippen LogP contribution in [0.1, 0.15) is 15.9 Å². The lowest BCUT2D eigenvalue weighted by atomic mass is 9.99. The third-order valence-electron chi connectivity index (χ3n) is 3.70. The Morgan fingerprint density at radius 1 is 1.46 bits per heavy atom. The van der Waals surface area contributed by atoms with E-state index in [1.165, 1.54) is 0 Å². The summed E-state index contributed by atoms with van der Waals surface area (Å²) >= 11 is 11.7. The number of aliphatic carboxylic acids is 1. The molecule has 2 amide bonds. The lowest BCUT2D eigenvalue weighted by molar-refractivity contribution is -0.158. The first kappa shape index (κ1) is 18.3. The summed E-state index contributed by atoms with van der Waals surface area (Å²) in [7, 11) is 0. The van der Waals surface area contributed by atoms with Crippen molar-refractivity contribution in [3.05, 3.63) is 47.5 Å². The van der Waals surface area contributed by atoms with Crippen LogP contribution in [0.4, 0.5) is 0 Å². The van der Waals surface area contributed by atoms with Crippen molar-refractivity contribution in [2.75, 3.05) is 5.88 Å². The van der Waals surface area contributed by atoms with Crippen molar-refractivity contribution in [2.45, 2.75) is 24.5 Å². The molecular weight excluding hydrogens is 355 g/mol. The highest BCUT2D eigenvalue weighted by Gasteiger charge is 2.52. The van der Waals surface area contributed by atoms with Gasteiger partial charge in [-0.25, -0.2) is 4.79 Å². The maximum absolute atomic E-state index is 12.3. The van der Waals surface area contributed by atoms with E-state index in [2.05, 4.69) is 11.9 Å². The second-order valence-electron chi connectivity index (χ2n) is 5.47. The number of carbonyl (C=O) groups excluding carboxylic acids is 2. The Morgan fingerprint density at radius 2 is 2.12 bits per heavy atom. The van der Waals surface area contributed by atoms with Gasteiger partial charge in [-0.3, -0.25) is 9.59 Å². The predicted octanol–water partition coefficient (Wildman–Crippen LogP) is 1.75. The van der Waals surface area contributed by atoms with Crippen LogP contribution < -0.4 is 5.32 Å². The lowest BCUT2D eigenvalue weighted by Crippen LogP contribution is -2.72. The van der Waals surface area contributed by atoms with Crippen molar-refractivity contribution in [2.24, 2.45) is 0 Å². The number of nitrogens with one attached hydrogen (secondary N) is 1. The highest BCUT2D eigenvalue weighted by molar-refractivity contribution is 6.27. The molecule has 3 unspecified atom stereocenters. The molecule has 0 radical (unpaired) electrons. The van der Waals surface area contributed by atoms with E-state index in [-0.39, 0.29) is 11.5 Å². The number of nitrogens with zero attached hydrogens (tertiary/aromatic N) is 1. The number of likely N-dealkylation sites (tertiary alicyclic amines) is 1. The molecule has 0 aromatic heterocycles. The minimum absolute atomic E-state index is 0.120. The molecule has 0 spiro atoms. The minimum Gasteiger partial charge on any atom is -0.479 e. The fourth-order valence-corrected chi connectivity index (χ4v) is 2.98. The maximum atomic E-state index is 12.3. The van der Waals surface area contributed by atoms with Crippen molar-refractivity contribution in [1.29, 1.82) is 0 Å². The number of alkyl halides is 2. The molecule has 6 nitrogen and oxygen atoms in total. The number of benzene rings is 1. The molecule has 1 saturated heterocycles. The molecule has 1 heterocycles. The van der Waals surface area contributed by atoms with Crippen LogP contribution in [0.3, 0.4) is 0 Å². The number of aryl methyl sites for hydroxylation is 1. The highest BCUT2D eigenvalue weighted by atomic mass is 35.5. The first-order valence-corrected chi connectivity index (χ1v) is 8.05. The Balaban J connectivity index is 2.10. The number of carbonyl (C=O) groups is 3. The van der Waals surface area contributed by atoms with Gasteiger partial charge in [-0.2, -0.15) is 0 Å². The van der Waals surface area contributed by atoms with Crippen molar-refractivity contribution in [3.63, 3.8) is 0 Å². The van der Waals surface area contributed by atoms with Crippen molar-refractivity contribution in [1.82, 2.24) is 10.2 Å². The van der Waals surface area contributed by atoms with E-state index in [1.807, 2.05) is 13.0 Å². The number of hydrogen-bond acceptors (Lipinski definition) is 3. The largest absolute Gasteiger partial charge is 0.479 e. The quantitative estimate of drug-likeness (QED) is 0.345. The van der Waals surface area contributed by atoms with Gasteiger partial charge in [-0.15, -0.1) is 11.6 Å². The van der Waals surface area contributed by atoms with Gasteiger partial charge in [0.2, 0.25) is 0 Å². The van der Waals surface area contributed by atoms with E-state index in [9.17, 15) is 19.5 Å². The molecule has 1 aliphatic heterocycles. The van der Waals surface area contributed by atoms with Crippen molar-refractivity contribution < 1.29 is 19.5 Å². The molecule has 1 fully saturated rings.